The Morgan fingerprint density at radius 3 is 2.19 bits per heavy atom. The minimum Gasteiger partial charge on any atom is -0.393 e. The van der Waals surface area contributed by atoms with Gasteiger partial charge in [0.05, 0.1) is 39.4 Å². The summed E-state index contributed by atoms with van der Waals surface area (Å²) in [5, 5.41) is 25.2. The van der Waals surface area contributed by atoms with Crippen LogP contribution in [0.5, 0.6) is 0 Å². The summed E-state index contributed by atoms with van der Waals surface area (Å²) in [4.78, 5) is 12.6. The SMILES string of the molecule is CC.CC.CC.CC[N+](C)(C)CCCNC(=O)CC[C@@H](C)C1CCC2C3CCC4C[C@H](O)CCC4(C)C3C[C@H](O)C21C. The van der Waals surface area contributed by atoms with Crippen molar-refractivity contribution < 1.29 is 19.5 Å². The number of hydrogen-bond donors (Lipinski definition) is 3. The number of rotatable bonds is 9. The number of fused-ring (bicyclic) bond motifs is 5. The Kier molecular flexibility index (Phi) is 16.6. The second kappa shape index (κ2) is 17.7. The van der Waals surface area contributed by atoms with Crippen molar-refractivity contribution in [1.29, 1.82) is 0 Å². The van der Waals surface area contributed by atoms with Gasteiger partial charge in [-0.15, -0.1) is 0 Å². The molecule has 4 aliphatic carbocycles. The zero-order valence-electron chi connectivity index (χ0n) is 30.3. The van der Waals surface area contributed by atoms with E-state index in [1.54, 1.807) is 0 Å². The summed E-state index contributed by atoms with van der Waals surface area (Å²) in [5.74, 6) is 3.72. The number of aliphatic hydroxyl groups excluding tert-OH is 2. The molecule has 42 heavy (non-hydrogen) atoms. The van der Waals surface area contributed by atoms with Crippen LogP contribution in [-0.4, -0.2) is 66.5 Å². The highest BCUT2D eigenvalue weighted by Gasteiger charge is 2.63. The van der Waals surface area contributed by atoms with Crippen LogP contribution in [-0.2, 0) is 4.79 Å². The van der Waals surface area contributed by atoms with Crippen LogP contribution >= 0.6 is 0 Å². The van der Waals surface area contributed by atoms with Crippen molar-refractivity contribution in [2.24, 2.45) is 46.3 Å². The Morgan fingerprint density at radius 1 is 0.929 bits per heavy atom. The summed E-state index contributed by atoms with van der Waals surface area (Å²) in [6.07, 6.45) is 11.1. The van der Waals surface area contributed by atoms with E-state index in [1.807, 2.05) is 41.5 Å². The molecule has 5 heteroatoms. The van der Waals surface area contributed by atoms with Gasteiger partial charge in [-0.3, -0.25) is 4.79 Å². The quantitative estimate of drug-likeness (QED) is 0.186. The standard InChI is InChI=1S/C31H56N2O3.3C2H6/c1-7-33(5,6)18-8-17-32-29(36)14-9-21(2)25-12-13-26-24-11-10-22-19-23(34)15-16-30(22,3)27(24)20-28(35)31(25,26)4;3*1-2/h21-28,34-35H,7-20H2,1-6H3;3*1-2H3/p+1/t21-,22?,23-,24?,25?,26?,27?,28+,30?,31?;;;/m1.../s1. The van der Waals surface area contributed by atoms with Crippen LogP contribution in [0.25, 0.3) is 0 Å². The maximum Gasteiger partial charge on any atom is 0.220 e. The molecule has 1 amide bonds. The normalized spacial score (nSPS) is 37.5. The highest BCUT2D eigenvalue weighted by Crippen LogP contribution is 2.68. The summed E-state index contributed by atoms with van der Waals surface area (Å²) in [6.45, 7) is 24.4. The molecule has 0 heterocycles. The van der Waals surface area contributed by atoms with E-state index in [-0.39, 0.29) is 28.9 Å². The average Bonchev–Trinajstić information content (AvgIpc) is 3.37. The van der Waals surface area contributed by atoms with Crippen molar-refractivity contribution in [2.75, 3.05) is 33.7 Å². The van der Waals surface area contributed by atoms with Gasteiger partial charge in [0.25, 0.3) is 0 Å². The highest BCUT2D eigenvalue weighted by molar-refractivity contribution is 5.75. The minimum absolute atomic E-state index is 0.0158. The van der Waals surface area contributed by atoms with Crippen molar-refractivity contribution in [2.45, 2.75) is 152 Å². The molecule has 3 N–H and O–H groups in total. The lowest BCUT2D eigenvalue weighted by atomic mass is 9.43. The van der Waals surface area contributed by atoms with Gasteiger partial charge in [-0.2, -0.15) is 0 Å². The number of hydrogen-bond acceptors (Lipinski definition) is 3. The maximum absolute atomic E-state index is 12.6. The second-order valence-electron chi connectivity index (χ2n) is 14.6. The summed E-state index contributed by atoms with van der Waals surface area (Å²) in [6, 6.07) is 0. The van der Waals surface area contributed by atoms with E-state index in [2.05, 4.69) is 47.1 Å². The van der Waals surface area contributed by atoms with E-state index in [0.717, 1.165) is 68.6 Å². The molecule has 0 aliphatic heterocycles. The Hall–Kier alpha value is -0.650. The first kappa shape index (κ1) is 39.4. The van der Waals surface area contributed by atoms with E-state index in [9.17, 15) is 15.0 Å². The van der Waals surface area contributed by atoms with Gasteiger partial charge >= 0.3 is 0 Å². The molecule has 0 spiro atoms. The predicted octanol–water partition coefficient (Wildman–Crippen LogP) is 8.07. The lowest BCUT2D eigenvalue weighted by molar-refractivity contribution is -0.888. The molecule has 250 valence electrons. The third-order valence-electron chi connectivity index (χ3n) is 12.4. The lowest BCUT2D eigenvalue weighted by Gasteiger charge is -2.62. The fraction of sp³-hybridized carbons (Fsp3) is 0.973. The summed E-state index contributed by atoms with van der Waals surface area (Å²) in [7, 11) is 4.48. The van der Waals surface area contributed by atoms with Gasteiger partial charge in [0.15, 0.2) is 0 Å². The van der Waals surface area contributed by atoms with E-state index in [4.69, 9.17) is 0 Å². The molecule has 10 atom stereocenters. The molecule has 0 radical (unpaired) electrons. The molecule has 5 nitrogen and oxygen atoms in total. The van der Waals surface area contributed by atoms with Crippen LogP contribution in [0, 0.1) is 46.3 Å². The zero-order valence-corrected chi connectivity index (χ0v) is 30.3. The van der Waals surface area contributed by atoms with Gasteiger partial charge in [-0.25, -0.2) is 0 Å². The highest BCUT2D eigenvalue weighted by atomic mass is 16.3. The van der Waals surface area contributed by atoms with E-state index in [1.165, 1.54) is 25.7 Å². The van der Waals surface area contributed by atoms with E-state index < -0.39 is 0 Å². The summed E-state index contributed by atoms with van der Waals surface area (Å²) >= 11 is 0. The van der Waals surface area contributed by atoms with Gasteiger partial charge in [0, 0.05) is 19.4 Å². The molecule has 0 bridgehead atoms. The van der Waals surface area contributed by atoms with Gasteiger partial charge in [-0.1, -0.05) is 62.3 Å². The Labute approximate surface area is 262 Å². The average molecular weight is 596 g/mol. The topological polar surface area (TPSA) is 69.6 Å². The van der Waals surface area contributed by atoms with Gasteiger partial charge in [0.2, 0.25) is 5.91 Å². The first-order valence-corrected chi connectivity index (χ1v) is 18.4. The lowest BCUT2D eigenvalue weighted by Crippen LogP contribution is -2.58. The number of aliphatic hydroxyl groups is 2. The number of nitrogens with zero attached hydrogens (tertiary/aromatic N) is 1. The molecular formula is C37H75N2O3+. The van der Waals surface area contributed by atoms with Gasteiger partial charge < -0.3 is 20.0 Å². The first-order valence-electron chi connectivity index (χ1n) is 18.4. The number of amides is 1. The first-order chi connectivity index (χ1) is 19.9. The molecule has 4 saturated carbocycles. The van der Waals surface area contributed by atoms with Crippen molar-refractivity contribution in [1.82, 2.24) is 5.32 Å². The summed E-state index contributed by atoms with van der Waals surface area (Å²) in [5.41, 5.74) is 0.273. The van der Waals surface area contributed by atoms with Gasteiger partial charge in [-0.05, 0) is 111 Å². The van der Waals surface area contributed by atoms with E-state index >= 15 is 0 Å². The molecule has 7 unspecified atom stereocenters. The minimum atomic E-state index is -0.241. The van der Waals surface area contributed by atoms with Crippen LogP contribution in [0.2, 0.25) is 0 Å². The van der Waals surface area contributed by atoms with Crippen molar-refractivity contribution >= 4 is 5.91 Å². The Morgan fingerprint density at radius 2 is 1.57 bits per heavy atom. The van der Waals surface area contributed by atoms with Crippen LogP contribution in [0.4, 0.5) is 0 Å². The molecule has 0 saturated heterocycles. The fourth-order valence-electron chi connectivity index (χ4n) is 9.70. The Balaban J connectivity index is 0.00000138. The maximum atomic E-state index is 12.6. The summed E-state index contributed by atoms with van der Waals surface area (Å²) < 4.78 is 1.00. The largest absolute Gasteiger partial charge is 0.393 e. The van der Waals surface area contributed by atoms with Gasteiger partial charge in [0.1, 0.15) is 0 Å². The second-order valence-corrected chi connectivity index (χ2v) is 14.6. The third-order valence-corrected chi connectivity index (χ3v) is 12.4. The molecule has 0 aromatic rings. The zero-order chi connectivity index (χ0) is 32.3. The molecule has 0 aromatic carbocycles. The smallest absolute Gasteiger partial charge is 0.220 e. The number of quaternary nitrogens is 1. The van der Waals surface area contributed by atoms with Crippen LogP contribution in [0.3, 0.4) is 0 Å². The van der Waals surface area contributed by atoms with Crippen LogP contribution < -0.4 is 5.32 Å². The molecule has 0 aromatic heterocycles. The van der Waals surface area contributed by atoms with Crippen LogP contribution in [0.15, 0.2) is 0 Å². The number of carbonyl (C=O) groups is 1. The van der Waals surface area contributed by atoms with E-state index in [0.29, 0.717) is 36.0 Å². The fourth-order valence-corrected chi connectivity index (χ4v) is 9.70. The van der Waals surface area contributed by atoms with Crippen molar-refractivity contribution in [3.05, 3.63) is 0 Å². The molecule has 4 aliphatic rings. The van der Waals surface area contributed by atoms with Crippen LogP contribution in [0.1, 0.15) is 140 Å². The monoisotopic (exact) mass is 596 g/mol. The Bertz CT molecular complexity index is 772. The number of nitrogens with one attached hydrogen (secondary N) is 1. The molecule has 4 fully saturated rings. The van der Waals surface area contributed by atoms with Crippen molar-refractivity contribution in [3.63, 3.8) is 0 Å². The molecule has 4 rings (SSSR count). The number of carbonyl (C=O) groups excluding carboxylic acids is 1. The molecular weight excluding hydrogens is 520 g/mol. The third kappa shape index (κ3) is 8.75. The van der Waals surface area contributed by atoms with Crippen molar-refractivity contribution in [3.8, 4) is 0 Å². The predicted molar refractivity (Wildman–Crippen MR) is 180 cm³/mol.